The first-order chi connectivity index (χ1) is 5.38. The molecule has 0 bridgehead atoms. The molecular formula is C8H10N2O. The van der Waals surface area contributed by atoms with Gasteiger partial charge < -0.3 is 4.74 Å². The number of nitrogens with zero attached hydrogens (tertiary/aromatic N) is 2. The molecule has 0 fully saturated rings. The van der Waals surface area contributed by atoms with Crippen LogP contribution in [0.2, 0.25) is 0 Å². The highest BCUT2D eigenvalue weighted by Crippen LogP contribution is 2.07. The van der Waals surface area contributed by atoms with Crippen LogP contribution in [0.3, 0.4) is 0 Å². The number of rotatable bonds is 3. The monoisotopic (exact) mass is 150 g/mol. The number of allylic oxidation sites excluding steroid dienone is 2. The van der Waals surface area contributed by atoms with Crippen LogP contribution in [0, 0.1) is 0 Å². The van der Waals surface area contributed by atoms with Crippen LogP contribution in [0.25, 0.3) is 6.20 Å². The largest absolute Gasteiger partial charge is 0.481 e. The maximum Gasteiger partial charge on any atom is 0.215 e. The van der Waals surface area contributed by atoms with Crippen molar-refractivity contribution in [2.24, 2.45) is 0 Å². The molecule has 1 heterocycles. The zero-order valence-electron chi connectivity index (χ0n) is 6.40. The lowest BCUT2D eigenvalue weighted by Gasteiger charge is -1.97. The fraction of sp³-hybridized carbons (Fsp3) is 0.125. The smallest absolute Gasteiger partial charge is 0.215 e. The van der Waals surface area contributed by atoms with Crippen LogP contribution in [0.1, 0.15) is 0 Å². The molecule has 0 amide bonds. The lowest BCUT2D eigenvalue weighted by atomic mass is 10.6. The average Bonchev–Trinajstić information content (AvgIpc) is 2.47. The fourth-order valence-electron chi connectivity index (χ4n) is 0.718. The van der Waals surface area contributed by atoms with Crippen LogP contribution in [0.15, 0.2) is 31.0 Å². The Morgan fingerprint density at radius 2 is 2.55 bits per heavy atom. The summed E-state index contributed by atoms with van der Waals surface area (Å²) in [6, 6.07) is 1.79. The van der Waals surface area contributed by atoms with E-state index in [4.69, 9.17) is 4.74 Å². The van der Waals surface area contributed by atoms with Crippen LogP contribution in [0.4, 0.5) is 0 Å². The number of aromatic nitrogens is 2. The standard InChI is InChI=1S/C8H10N2O/c1-3-4-7-10-8(11-2)5-6-9-10/h3-7H,1H2,2H3/b7-4+. The second-order valence-corrected chi connectivity index (χ2v) is 1.90. The molecule has 0 radical (unpaired) electrons. The summed E-state index contributed by atoms with van der Waals surface area (Å²) in [4.78, 5) is 0. The molecule has 3 heteroatoms. The maximum atomic E-state index is 5.00. The molecule has 1 rings (SSSR count). The second-order valence-electron chi connectivity index (χ2n) is 1.90. The first kappa shape index (κ1) is 7.60. The van der Waals surface area contributed by atoms with Crippen molar-refractivity contribution < 1.29 is 4.74 Å². The van der Waals surface area contributed by atoms with E-state index in [0.29, 0.717) is 5.88 Å². The van der Waals surface area contributed by atoms with Gasteiger partial charge in [-0.15, -0.1) is 0 Å². The minimum atomic E-state index is 0.711. The van der Waals surface area contributed by atoms with E-state index in [1.165, 1.54) is 0 Å². The highest BCUT2D eigenvalue weighted by Gasteiger charge is 1.94. The molecule has 3 nitrogen and oxygen atoms in total. The quantitative estimate of drug-likeness (QED) is 0.611. The zero-order valence-corrected chi connectivity index (χ0v) is 6.40. The van der Waals surface area contributed by atoms with Gasteiger partial charge in [0.25, 0.3) is 0 Å². The number of ether oxygens (including phenoxy) is 1. The van der Waals surface area contributed by atoms with Crippen LogP contribution in [0.5, 0.6) is 5.88 Å². The van der Waals surface area contributed by atoms with Crippen molar-refractivity contribution in [1.82, 2.24) is 9.78 Å². The van der Waals surface area contributed by atoms with Gasteiger partial charge in [0.2, 0.25) is 5.88 Å². The molecule has 0 N–H and O–H groups in total. The van der Waals surface area contributed by atoms with Crippen molar-refractivity contribution in [3.05, 3.63) is 31.0 Å². The van der Waals surface area contributed by atoms with Crippen LogP contribution >= 0.6 is 0 Å². The molecule has 11 heavy (non-hydrogen) atoms. The van der Waals surface area contributed by atoms with Crippen LogP contribution in [-0.2, 0) is 0 Å². The number of methoxy groups -OCH3 is 1. The molecule has 0 aliphatic carbocycles. The zero-order chi connectivity index (χ0) is 8.10. The van der Waals surface area contributed by atoms with Crippen molar-refractivity contribution in [2.75, 3.05) is 7.11 Å². The summed E-state index contributed by atoms with van der Waals surface area (Å²) in [5.74, 6) is 0.711. The predicted octanol–water partition coefficient (Wildman–Crippen LogP) is 1.55. The van der Waals surface area contributed by atoms with E-state index < -0.39 is 0 Å². The minimum absolute atomic E-state index is 0.711. The first-order valence-corrected chi connectivity index (χ1v) is 3.25. The third-order valence-electron chi connectivity index (χ3n) is 1.21. The fourth-order valence-corrected chi connectivity index (χ4v) is 0.718. The molecule has 0 saturated carbocycles. The Morgan fingerprint density at radius 3 is 3.18 bits per heavy atom. The van der Waals surface area contributed by atoms with Gasteiger partial charge >= 0.3 is 0 Å². The molecule has 0 spiro atoms. The van der Waals surface area contributed by atoms with Gasteiger partial charge in [0.15, 0.2) is 0 Å². The average molecular weight is 150 g/mol. The Morgan fingerprint density at radius 1 is 1.73 bits per heavy atom. The van der Waals surface area contributed by atoms with Gasteiger partial charge in [0, 0.05) is 12.3 Å². The summed E-state index contributed by atoms with van der Waals surface area (Å²) in [6.07, 6.45) is 6.91. The van der Waals surface area contributed by atoms with Gasteiger partial charge in [0.05, 0.1) is 13.3 Å². The van der Waals surface area contributed by atoms with Gasteiger partial charge in [-0.2, -0.15) is 5.10 Å². The molecule has 0 unspecified atom stereocenters. The van der Waals surface area contributed by atoms with Gasteiger partial charge in [-0.3, -0.25) is 0 Å². The number of hydrogen-bond acceptors (Lipinski definition) is 2. The molecule has 0 aliphatic heterocycles. The molecule has 0 aromatic carbocycles. The molecule has 0 saturated heterocycles. The van der Waals surface area contributed by atoms with Crippen molar-refractivity contribution in [2.45, 2.75) is 0 Å². The van der Waals surface area contributed by atoms with Gasteiger partial charge in [-0.1, -0.05) is 12.7 Å². The van der Waals surface area contributed by atoms with Crippen molar-refractivity contribution in [3.8, 4) is 5.88 Å². The first-order valence-electron chi connectivity index (χ1n) is 3.25. The highest BCUT2D eigenvalue weighted by atomic mass is 16.5. The van der Waals surface area contributed by atoms with E-state index in [1.54, 1.807) is 42.4 Å². The molecule has 1 aromatic heterocycles. The van der Waals surface area contributed by atoms with E-state index in [2.05, 4.69) is 11.7 Å². The minimum Gasteiger partial charge on any atom is -0.481 e. The van der Waals surface area contributed by atoms with E-state index in [9.17, 15) is 0 Å². The van der Waals surface area contributed by atoms with Gasteiger partial charge in [-0.05, 0) is 6.08 Å². The van der Waals surface area contributed by atoms with Crippen LogP contribution < -0.4 is 4.74 Å². The lowest BCUT2D eigenvalue weighted by Crippen LogP contribution is -1.92. The summed E-state index contributed by atoms with van der Waals surface area (Å²) >= 11 is 0. The molecule has 1 aromatic rings. The Bertz CT molecular complexity index is 263. The van der Waals surface area contributed by atoms with E-state index in [1.807, 2.05) is 0 Å². The summed E-state index contributed by atoms with van der Waals surface area (Å²) in [7, 11) is 1.61. The van der Waals surface area contributed by atoms with E-state index in [-0.39, 0.29) is 0 Å². The SMILES string of the molecule is C=C/C=C/n1nccc1OC. The molecule has 58 valence electrons. The Hall–Kier alpha value is -1.51. The second kappa shape index (κ2) is 3.61. The van der Waals surface area contributed by atoms with E-state index >= 15 is 0 Å². The van der Waals surface area contributed by atoms with Crippen LogP contribution in [-0.4, -0.2) is 16.9 Å². The summed E-state index contributed by atoms with van der Waals surface area (Å²) in [5, 5.41) is 3.98. The lowest BCUT2D eigenvalue weighted by molar-refractivity contribution is 0.387. The van der Waals surface area contributed by atoms with E-state index in [0.717, 1.165) is 0 Å². The Balaban J connectivity index is 2.84. The van der Waals surface area contributed by atoms with Crippen molar-refractivity contribution >= 4 is 6.20 Å². The normalized spacial score (nSPS) is 10.3. The van der Waals surface area contributed by atoms with Crippen molar-refractivity contribution in [3.63, 3.8) is 0 Å². The summed E-state index contributed by atoms with van der Waals surface area (Å²) < 4.78 is 6.62. The topological polar surface area (TPSA) is 27.1 Å². The Labute approximate surface area is 65.6 Å². The molecule has 0 aliphatic rings. The highest BCUT2D eigenvalue weighted by molar-refractivity contribution is 5.30. The summed E-state index contributed by atoms with van der Waals surface area (Å²) in [5.41, 5.74) is 0. The maximum absolute atomic E-state index is 5.00. The number of hydrogen-bond donors (Lipinski definition) is 0. The predicted molar refractivity (Wildman–Crippen MR) is 44.3 cm³/mol. The third kappa shape index (κ3) is 1.70. The Kier molecular flexibility index (Phi) is 2.49. The summed E-state index contributed by atoms with van der Waals surface area (Å²) in [6.45, 7) is 3.55. The molecular weight excluding hydrogens is 140 g/mol. The van der Waals surface area contributed by atoms with Gasteiger partial charge in [-0.25, -0.2) is 4.68 Å². The molecule has 0 atom stereocenters. The van der Waals surface area contributed by atoms with Gasteiger partial charge in [0.1, 0.15) is 0 Å². The third-order valence-corrected chi connectivity index (χ3v) is 1.21. The van der Waals surface area contributed by atoms with Crippen molar-refractivity contribution in [1.29, 1.82) is 0 Å².